The summed E-state index contributed by atoms with van der Waals surface area (Å²) >= 11 is 0. The third-order valence-corrected chi connectivity index (χ3v) is 1.94. The second-order valence-electron chi connectivity index (χ2n) is 3.61. The van der Waals surface area contributed by atoms with Crippen molar-refractivity contribution < 1.29 is 24.3 Å². The van der Waals surface area contributed by atoms with Crippen LogP contribution in [0, 0.1) is 0 Å². The summed E-state index contributed by atoms with van der Waals surface area (Å²) in [6.45, 7) is 2.80. The third-order valence-electron chi connectivity index (χ3n) is 1.94. The van der Waals surface area contributed by atoms with Gasteiger partial charge in [-0.25, -0.2) is 4.79 Å². The summed E-state index contributed by atoms with van der Waals surface area (Å²) in [5.74, 6) is -2.15. The van der Waals surface area contributed by atoms with E-state index in [9.17, 15) is 19.2 Å². The molecule has 0 aromatic rings. The molecule has 9 nitrogen and oxygen atoms in total. The minimum Gasteiger partial charge on any atom is -0.480 e. The normalized spacial score (nSPS) is 11.1. The number of nitrogens with one attached hydrogen (secondary N) is 4. The van der Waals surface area contributed by atoms with Crippen LogP contribution in [-0.2, 0) is 14.4 Å². The largest absolute Gasteiger partial charge is 0.480 e. The highest BCUT2D eigenvalue weighted by Crippen LogP contribution is 1.81. The van der Waals surface area contributed by atoms with Crippen molar-refractivity contribution in [2.45, 2.75) is 19.9 Å². The van der Waals surface area contributed by atoms with Crippen LogP contribution < -0.4 is 21.3 Å². The van der Waals surface area contributed by atoms with E-state index in [4.69, 9.17) is 5.11 Å². The van der Waals surface area contributed by atoms with Gasteiger partial charge in [0.15, 0.2) is 0 Å². The first kappa shape index (κ1) is 16.7. The molecule has 0 radical (unpaired) electrons. The Morgan fingerprint density at radius 2 is 1.68 bits per heavy atom. The minimum atomic E-state index is -1.18. The van der Waals surface area contributed by atoms with Gasteiger partial charge in [-0.05, 0) is 13.8 Å². The van der Waals surface area contributed by atoms with Gasteiger partial charge in [-0.3, -0.25) is 14.4 Å². The van der Waals surface area contributed by atoms with Crippen LogP contribution >= 0.6 is 0 Å². The van der Waals surface area contributed by atoms with E-state index in [1.807, 2.05) is 0 Å². The number of amides is 4. The van der Waals surface area contributed by atoms with E-state index in [1.54, 1.807) is 6.92 Å². The molecular formula is C10H18N4O5. The Balaban J connectivity index is 3.89. The molecule has 0 spiro atoms. The molecular weight excluding hydrogens is 256 g/mol. The van der Waals surface area contributed by atoms with Crippen molar-refractivity contribution in [2.24, 2.45) is 0 Å². The Morgan fingerprint density at radius 3 is 2.21 bits per heavy atom. The first-order valence-corrected chi connectivity index (χ1v) is 5.67. The number of carbonyl (C=O) groups excluding carboxylic acids is 3. The highest BCUT2D eigenvalue weighted by atomic mass is 16.4. The Bertz CT molecular complexity index is 358. The summed E-state index contributed by atoms with van der Waals surface area (Å²) in [7, 11) is 0. The van der Waals surface area contributed by atoms with E-state index in [-0.39, 0.29) is 12.5 Å². The van der Waals surface area contributed by atoms with Gasteiger partial charge >= 0.3 is 12.0 Å². The molecule has 1 atom stereocenters. The number of rotatable bonds is 7. The molecule has 19 heavy (non-hydrogen) atoms. The number of hydrogen-bond donors (Lipinski definition) is 5. The summed E-state index contributed by atoms with van der Waals surface area (Å²) < 4.78 is 0. The molecule has 5 N–H and O–H groups in total. The minimum absolute atomic E-state index is 0.340. The Hall–Kier alpha value is -2.32. The average Bonchev–Trinajstić information content (AvgIpc) is 2.34. The average molecular weight is 274 g/mol. The molecule has 9 heteroatoms. The molecule has 0 saturated carbocycles. The van der Waals surface area contributed by atoms with Crippen molar-refractivity contribution in [3.8, 4) is 0 Å². The maximum Gasteiger partial charge on any atom is 0.322 e. The van der Waals surface area contributed by atoms with Gasteiger partial charge in [0.25, 0.3) is 0 Å². The maximum absolute atomic E-state index is 11.3. The Morgan fingerprint density at radius 1 is 1.05 bits per heavy atom. The lowest BCUT2D eigenvalue weighted by atomic mass is 10.3. The van der Waals surface area contributed by atoms with Crippen LogP contribution in [0.4, 0.5) is 4.79 Å². The van der Waals surface area contributed by atoms with Crippen LogP contribution in [-0.4, -0.2) is 54.6 Å². The van der Waals surface area contributed by atoms with Crippen molar-refractivity contribution in [1.29, 1.82) is 0 Å². The first-order valence-electron chi connectivity index (χ1n) is 5.67. The molecule has 0 bridgehead atoms. The second-order valence-corrected chi connectivity index (χ2v) is 3.61. The molecule has 0 heterocycles. The van der Waals surface area contributed by atoms with Crippen LogP contribution in [0.25, 0.3) is 0 Å². The third kappa shape index (κ3) is 8.41. The summed E-state index contributed by atoms with van der Waals surface area (Å²) in [6.07, 6.45) is 0. The van der Waals surface area contributed by atoms with E-state index < -0.39 is 30.5 Å². The van der Waals surface area contributed by atoms with Crippen molar-refractivity contribution in [3.63, 3.8) is 0 Å². The molecule has 0 aliphatic carbocycles. The summed E-state index contributed by atoms with van der Waals surface area (Å²) in [4.78, 5) is 43.8. The molecule has 0 aromatic carbocycles. The van der Waals surface area contributed by atoms with E-state index in [0.29, 0.717) is 6.54 Å². The van der Waals surface area contributed by atoms with Crippen molar-refractivity contribution in [2.75, 3.05) is 19.6 Å². The molecule has 0 aliphatic rings. The predicted molar refractivity (Wildman–Crippen MR) is 65.3 cm³/mol. The predicted octanol–water partition coefficient (Wildman–Crippen LogP) is -1.99. The molecule has 1 unspecified atom stereocenters. The van der Waals surface area contributed by atoms with Gasteiger partial charge in [-0.1, -0.05) is 0 Å². The summed E-state index contributed by atoms with van der Waals surface area (Å²) in [5, 5.41) is 17.4. The van der Waals surface area contributed by atoms with Gasteiger partial charge in [0.1, 0.15) is 12.6 Å². The number of carbonyl (C=O) groups is 4. The van der Waals surface area contributed by atoms with E-state index in [2.05, 4.69) is 21.3 Å². The van der Waals surface area contributed by atoms with E-state index >= 15 is 0 Å². The second kappa shape index (κ2) is 8.72. The maximum atomic E-state index is 11.3. The fraction of sp³-hybridized carbons (Fsp3) is 0.600. The molecule has 0 fully saturated rings. The first-order chi connectivity index (χ1) is 8.86. The number of likely N-dealkylation sites (N-methyl/N-ethyl adjacent to an activating group) is 1. The number of carboxylic acid groups (broad SMARTS) is 1. The Labute approximate surface area is 110 Å². The SMILES string of the molecule is CCNC(=O)C(C)NC(=O)NCC(=O)NCC(=O)O. The van der Waals surface area contributed by atoms with E-state index in [0.717, 1.165) is 0 Å². The quantitative estimate of drug-likeness (QED) is 0.366. The van der Waals surface area contributed by atoms with Crippen LogP contribution in [0.5, 0.6) is 0 Å². The number of hydrogen-bond acceptors (Lipinski definition) is 4. The molecule has 0 aliphatic heterocycles. The fourth-order valence-corrected chi connectivity index (χ4v) is 1.04. The van der Waals surface area contributed by atoms with Crippen LogP contribution in [0.1, 0.15) is 13.8 Å². The zero-order valence-corrected chi connectivity index (χ0v) is 10.8. The highest BCUT2D eigenvalue weighted by Gasteiger charge is 2.14. The van der Waals surface area contributed by atoms with E-state index in [1.165, 1.54) is 6.92 Å². The van der Waals surface area contributed by atoms with Crippen molar-refractivity contribution in [3.05, 3.63) is 0 Å². The molecule has 4 amide bonds. The fourth-order valence-electron chi connectivity index (χ4n) is 1.04. The molecule has 0 rings (SSSR count). The van der Waals surface area contributed by atoms with Gasteiger partial charge in [-0.15, -0.1) is 0 Å². The van der Waals surface area contributed by atoms with Crippen molar-refractivity contribution in [1.82, 2.24) is 21.3 Å². The smallest absolute Gasteiger partial charge is 0.322 e. The molecule has 0 aromatic heterocycles. The van der Waals surface area contributed by atoms with Gasteiger partial charge in [-0.2, -0.15) is 0 Å². The lowest BCUT2D eigenvalue weighted by molar-refractivity contribution is -0.137. The van der Waals surface area contributed by atoms with Crippen LogP contribution in [0.3, 0.4) is 0 Å². The molecule has 0 saturated heterocycles. The van der Waals surface area contributed by atoms with Crippen molar-refractivity contribution >= 4 is 23.8 Å². The molecule has 108 valence electrons. The Kier molecular flexibility index (Phi) is 7.66. The zero-order valence-electron chi connectivity index (χ0n) is 10.8. The summed E-state index contributed by atoms with van der Waals surface area (Å²) in [6, 6.07) is -1.42. The van der Waals surface area contributed by atoms with Gasteiger partial charge in [0.05, 0.1) is 6.54 Å². The number of carboxylic acids is 1. The lowest BCUT2D eigenvalue weighted by Gasteiger charge is -2.13. The zero-order chi connectivity index (χ0) is 14.8. The lowest BCUT2D eigenvalue weighted by Crippen LogP contribution is -2.50. The van der Waals surface area contributed by atoms with Gasteiger partial charge in [0, 0.05) is 6.54 Å². The van der Waals surface area contributed by atoms with Gasteiger partial charge in [0.2, 0.25) is 11.8 Å². The number of aliphatic carboxylic acids is 1. The monoisotopic (exact) mass is 274 g/mol. The topological polar surface area (TPSA) is 137 Å². The summed E-state index contributed by atoms with van der Waals surface area (Å²) in [5.41, 5.74) is 0. The van der Waals surface area contributed by atoms with Crippen LogP contribution in [0.2, 0.25) is 0 Å². The van der Waals surface area contributed by atoms with Crippen LogP contribution in [0.15, 0.2) is 0 Å². The number of urea groups is 1. The van der Waals surface area contributed by atoms with Gasteiger partial charge < -0.3 is 26.4 Å². The highest BCUT2D eigenvalue weighted by molar-refractivity contribution is 5.89. The standard InChI is InChI=1S/C10H18N4O5/c1-3-11-9(18)6(2)14-10(19)13-4-7(15)12-5-8(16)17/h6H,3-5H2,1-2H3,(H,11,18)(H,12,15)(H,16,17)(H2,13,14,19).